The number of carbonyl (C=O) groups excluding carboxylic acids is 1. The Labute approximate surface area is 155 Å². The van der Waals surface area contributed by atoms with Gasteiger partial charge in [0.2, 0.25) is 0 Å². The van der Waals surface area contributed by atoms with E-state index in [9.17, 15) is 4.79 Å². The predicted octanol–water partition coefficient (Wildman–Crippen LogP) is 4.20. The molecule has 0 N–H and O–H groups in total. The normalized spacial score (nSPS) is 20.4. The lowest BCUT2D eigenvalue weighted by molar-refractivity contribution is -0.119. The Kier molecular flexibility index (Phi) is 4.45. The summed E-state index contributed by atoms with van der Waals surface area (Å²) < 4.78 is 5.52. The summed E-state index contributed by atoms with van der Waals surface area (Å²) in [7, 11) is 0. The van der Waals surface area contributed by atoms with Gasteiger partial charge in [0.25, 0.3) is 0 Å². The molecule has 1 aromatic heterocycles. The largest absolute Gasteiger partial charge is 0.468 e. The lowest BCUT2D eigenvalue weighted by Crippen LogP contribution is -2.47. The zero-order valence-electron chi connectivity index (χ0n) is 15.6. The van der Waals surface area contributed by atoms with Crippen molar-refractivity contribution in [1.82, 2.24) is 9.80 Å². The van der Waals surface area contributed by atoms with E-state index in [1.54, 1.807) is 6.26 Å². The van der Waals surface area contributed by atoms with E-state index >= 15 is 0 Å². The molecule has 0 radical (unpaired) electrons. The van der Waals surface area contributed by atoms with Crippen LogP contribution < -0.4 is 0 Å². The number of hydrogen-bond donors (Lipinski definition) is 0. The van der Waals surface area contributed by atoms with Crippen LogP contribution in [0.5, 0.6) is 0 Å². The van der Waals surface area contributed by atoms with Crippen LogP contribution in [0, 0.1) is 5.41 Å². The molecule has 26 heavy (non-hydrogen) atoms. The van der Waals surface area contributed by atoms with Crippen LogP contribution in [0.25, 0.3) is 0 Å². The minimum atomic E-state index is 0.0357. The average molecular weight is 350 g/mol. The number of allylic oxidation sites excluding steroid dienone is 1. The monoisotopic (exact) mass is 350 g/mol. The van der Waals surface area contributed by atoms with Crippen LogP contribution in [0.15, 0.2) is 64.4 Å². The maximum Gasteiger partial charge on any atom is 0.162 e. The summed E-state index contributed by atoms with van der Waals surface area (Å²) in [4.78, 5) is 17.5. The number of ketones is 1. The van der Waals surface area contributed by atoms with E-state index in [0.717, 1.165) is 44.1 Å². The zero-order chi connectivity index (χ0) is 18.1. The molecule has 1 aromatic carbocycles. The van der Waals surface area contributed by atoms with Crippen molar-refractivity contribution >= 4 is 5.78 Å². The van der Waals surface area contributed by atoms with Crippen LogP contribution in [-0.2, 0) is 17.9 Å². The van der Waals surface area contributed by atoms with Crippen LogP contribution in [0.3, 0.4) is 0 Å². The second kappa shape index (κ2) is 6.76. The van der Waals surface area contributed by atoms with Crippen molar-refractivity contribution < 1.29 is 9.21 Å². The van der Waals surface area contributed by atoms with Gasteiger partial charge in [0.1, 0.15) is 5.76 Å². The molecule has 2 aliphatic rings. The number of benzene rings is 1. The Hall–Kier alpha value is -2.33. The molecule has 0 unspecified atom stereocenters. The molecular weight excluding hydrogens is 324 g/mol. The van der Waals surface area contributed by atoms with Gasteiger partial charge in [-0.3, -0.25) is 9.69 Å². The van der Waals surface area contributed by atoms with Gasteiger partial charge in [-0.1, -0.05) is 44.2 Å². The summed E-state index contributed by atoms with van der Waals surface area (Å²) in [5.41, 5.74) is 3.55. The van der Waals surface area contributed by atoms with Crippen molar-refractivity contribution in [3.63, 3.8) is 0 Å². The first kappa shape index (κ1) is 17.1. The van der Waals surface area contributed by atoms with Gasteiger partial charge < -0.3 is 9.32 Å². The van der Waals surface area contributed by atoms with E-state index < -0.39 is 0 Å². The molecular formula is C22H26N2O2. The molecule has 0 saturated carbocycles. The molecule has 136 valence electrons. The number of nitrogens with zero attached hydrogens (tertiary/aromatic N) is 2. The molecule has 0 spiro atoms. The molecule has 0 bridgehead atoms. The lowest BCUT2D eigenvalue weighted by Gasteiger charge is -2.45. The van der Waals surface area contributed by atoms with Gasteiger partial charge in [0.15, 0.2) is 5.78 Å². The molecule has 0 saturated heterocycles. The number of hydrogen-bond acceptors (Lipinski definition) is 4. The lowest BCUT2D eigenvalue weighted by atomic mass is 9.75. The Morgan fingerprint density at radius 1 is 1.04 bits per heavy atom. The van der Waals surface area contributed by atoms with E-state index in [1.807, 2.05) is 18.2 Å². The van der Waals surface area contributed by atoms with E-state index in [1.165, 1.54) is 11.3 Å². The highest BCUT2D eigenvalue weighted by atomic mass is 16.3. The summed E-state index contributed by atoms with van der Waals surface area (Å²) in [5, 5.41) is 0. The van der Waals surface area contributed by atoms with Crippen LogP contribution in [-0.4, -0.2) is 28.8 Å². The third-order valence-electron chi connectivity index (χ3n) is 5.28. The van der Waals surface area contributed by atoms with Crippen LogP contribution in [0.2, 0.25) is 0 Å². The minimum Gasteiger partial charge on any atom is -0.468 e. The Morgan fingerprint density at radius 2 is 1.85 bits per heavy atom. The minimum absolute atomic E-state index is 0.0357. The quantitative estimate of drug-likeness (QED) is 0.828. The van der Waals surface area contributed by atoms with Gasteiger partial charge in [-0.2, -0.15) is 0 Å². The Balaban J connectivity index is 1.63. The molecule has 4 nitrogen and oxygen atoms in total. The molecule has 0 atom stereocenters. The van der Waals surface area contributed by atoms with Gasteiger partial charge in [-0.25, -0.2) is 0 Å². The molecule has 0 amide bonds. The van der Waals surface area contributed by atoms with E-state index in [4.69, 9.17) is 4.42 Å². The van der Waals surface area contributed by atoms with Crippen molar-refractivity contribution in [3.05, 3.63) is 71.3 Å². The van der Waals surface area contributed by atoms with E-state index in [0.29, 0.717) is 12.2 Å². The Bertz CT molecular complexity index is 806. The fourth-order valence-corrected chi connectivity index (χ4v) is 4.09. The summed E-state index contributed by atoms with van der Waals surface area (Å²) in [6, 6.07) is 14.4. The molecule has 1 aliphatic heterocycles. The van der Waals surface area contributed by atoms with Crippen LogP contribution in [0.4, 0.5) is 0 Å². The van der Waals surface area contributed by atoms with E-state index in [-0.39, 0.29) is 5.41 Å². The van der Waals surface area contributed by atoms with Crippen molar-refractivity contribution in [2.24, 2.45) is 5.41 Å². The number of Topliss-reactive ketones (excluding diaryl/α,β-unsaturated/α-hetero) is 1. The molecule has 2 heterocycles. The number of rotatable bonds is 4. The topological polar surface area (TPSA) is 36.7 Å². The second-order valence-corrected chi connectivity index (χ2v) is 8.26. The van der Waals surface area contributed by atoms with Crippen molar-refractivity contribution in [2.75, 3.05) is 13.2 Å². The predicted molar refractivity (Wildman–Crippen MR) is 101 cm³/mol. The highest BCUT2D eigenvalue weighted by molar-refractivity contribution is 5.98. The van der Waals surface area contributed by atoms with Gasteiger partial charge in [0.05, 0.1) is 19.5 Å². The standard InChI is InChI=1S/C22H26N2O2/c1-22(2)11-20-19(21(25)12-22)15-23(14-18-9-6-10-26-18)16-24(20)13-17-7-4-3-5-8-17/h3-10H,11-16H2,1-2H3. The maximum absolute atomic E-state index is 12.9. The van der Waals surface area contributed by atoms with Crippen molar-refractivity contribution in [3.8, 4) is 0 Å². The smallest absolute Gasteiger partial charge is 0.162 e. The van der Waals surface area contributed by atoms with Gasteiger partial charge >= 0.3 is 0 Å². The van der Waals surface area contributed by atoms with Gasteiger partial charge in [-0.05, 0) is 29.5 Å². The molecule has 0 fully saturated rings. The van der Waals surface area contributed by atoms with Gasteiger partial charge in [0, 0.05) is 30.8 Å². The summed E-state index contributed by atoms with van der Waals surface area (Å²) in [5.74, 6) is 1.25. The average Bonchev–Trinajstić information content (AvgIpc) is 3.09. The fourth-order valence-electron chi connectivity index (χ4n) is 4.09. The molecule has 4 heteroatoms. The Morgan fingerprint density at radius 3 is 2.58 bits per heavy atom. The number of furan rings is 1. The second-order valence-electron chi connectivity index (χ2n) is 8.26. The summed E-state index contributed by atoms with van der Waals surface area (Å²) in [6.45, 7) is 7.49. The maximum atomic E-state index is 12.9. The van der Waals surface area contributed by atoms with Gasteiger partial charge in [-0.15, -0.1) is 0 Å². The molecule has 2 aromatic rings. The molecule has 1 aliphatic carbocycles. The van der Waals surface area contributed by atoms with E-state index in [2.05, 4.69) is 47.9 Å². The van der Waals surface area contributed by atoms with Crippen molar-refractivity contribution in [1.29, 1.82) is 0 Å². The first-order valence-electron chi connectivity index (χ1n) is 9.29. The summed E-state index contributed by atoms with van der Waals surface area (Å²) in [6.07, 6.45) is 3.31. The van der Waals surface area contributed by atoms with Crippen LogP contribution >= 0.6 is 0 Å². The first-order chi connectivity index (χ1) is 12.5. The highest BCUT2D eigenvalue weighted by Gasteiger charge is 2.38. The highest BCUT2D eigenvalue weighted by Crippen LogP contribution is 2.40. The SMILES string of the molecule is CC1(C)CC(=O)C2=C(C1)N(Cc1ccccc1)CN(Cc1ccco1)C2. The first-order valence-corrected chi connectivity index (χ1v) is 9.29. The molecule has 4 rings (SSSR count). The fraction of sp³-hybridized carbons (Fsp3) is 0.409. The summed E-state index contributed by atoms with van der Waals surface area (Å²) >= 11 is 0. The number of carbonyl (C=O) groups is 1. The van der Waals surface area contributed by atoms with Crippen LogP contribution in [0.1, 0.15) is 38.0 Å². The van der Waals surface area contributed by atoms with Crippen molar-refractivity contribution in [2.45, 2.75) is 39.8 Å². The third kappa shape index (κ3) is 3.61. The third-order valence-corrected chi connectivity index (χ3v) is 5.28. The zero-order valence-corrected chi connectivity index (χ0v) is 15.6.